The number of ether oxygens (including phenoxy) is 2. The standard InChI is InChI=1S/C34H34ClFN4O4/c1-5-15-40(33(41)44-34(2,3)4)19-26-11-14-30(43-26)23-9-12-29-27(17-23)32(38-21-37-29)39-25-10-13-31(28(35)18-25)42-20-22-7-6-8-24(36)16-22/h6-14,16-18,21H,5,15,19-20H2,1-4H3,(H,37,38,39)/i15D2,19D2,20D2. The zero-order chi connectivity index (χ0) is 36.6. The molecule has 0 bridgehead atoms. The normalized spacial score (nSPS) is 14.4. The van der Waals surface area contributed by atoms with Crippen LogP contribution >= 0.6 is 11.6 Å². The topological polar surface area (TPSA) is 89.7 Å². The molecular formula is C34H34ClFN4O4. The van der Waals surface area contributed by atoms with Crippen LogP contribution in [-0.2, 0) is 17.8 Å². The molecule has 0 aliphatic carbocycles. The van der Waals surface area contributed by atoms with Gasteiger partial charge in [0.2, 0.25) is 0 Å². The highest BCUT2D eigenvalue weighted by atomic mass is 35.5. The van der Waals surface area contributed by atoms with E-state index in [2.05, 4.69) is 15.3 Å². The Hall–Kier alpha value is -4.63. The predicted octanol–water partition coefficient (Wildman–Crippen LogP) is 9.15. The van der Waals surface area contributed by atoms with E-state index >= 15 is 0 Å². The number of amides is 1. The lowest BCUT2D eigenvalue weighted by atomic mass is 10.1. The van der Waals surface area contributed by atoms with Crippen molar-refractivity contribution in [1.29, 1.82) is 0 Å². The summed E-state index contributed by atoms with van der Waals surface area (Å²) in [5.41, 5.74) is 0.556. The van der Waals surface area contributed by atoms with Crippen molar-refractivity contribution in [2.75, 3.05) is 11.8 Å². The van der Waals surface area contributed by atoms with Gasteiger partial charge in [-0.3, -0.25) is 0 Å². The minimum absolute atomic E-state index is 0.0129. The molecule has 228 valence electrons. The van der Waals surface area contributed by atoms with Gasteiger partial charge in [0.05, 0.1) is 22.5 Å². The van der Waals surface area contributed by atoms with Crippen molar-refractivity contribution in [1.82, 2.24) is 14.9 Å². The quantitative estimate of drug-likeness (QED) is 0.166. The van der Waals surface area contributed by atoms with Crippen LogP contribution in [0, 0.1) is 5.82 Å². The molecule has 10 heteroatoms. The first-order chi connectivity index (χ1) is 23.3. The lowest BCUT2D eigenvalue weighted by Gasteiger charge is -2.26. The Bertz CT molecular complexity index is 2040. The Morgan fingerprint density at radius 2 is 1.93 bits per heavy atom. The van der Waals surface area contributed by atoms with Gasteiger partial charge >= 0.3 is 6.09 Å². The van der Waals surface area contributed by atoms with Gasteiger partial charge < -0.3 is 24.1 Å². The number of halogens is 2. The van der Waals surface area contributed by atoms with Gasteiger partial charge in [0.1, 0.15) is 47.4 Å². The molecule has 1 N–H and O–H groups in total. The summed E-state index contributed by atoms with van der Waals surface area (Å²) >= 11 is 6.46. The summed E-state index contributed by atoms with van der Waals surface area (Å²) in [5.74, 6) is -0.260. The number of benzene rings is 3. The number of nitrogens with one attached hydrogen (secondary N) is 1. The molecule has 8 nitrogen and oxygen atoms in total. The fraction of sp³-hybridized carbons (Fsp3) is 0.265. The van der Waals surface area contributed by atoms with E-state index in [-0.39, 0.29) is 34.3 Å². The maximum atomic E-state index is 13.7. The van der Waals surface area contributed by atoms with Crippen LogP contribution in [-0.4, -0.2) is 33.1 Å². The summed E-state index contributed by atoms with van der Waals surface area (Å²) < 4.78 is 81.4. The number of aromatic nitrogens is 2. The monoisotopic (exact) mass is 622 g/mol. The number of fused-ring (bicyclic) bond motifs is 1. The molecule has 0 saturated heterocycles. The number of anilines is 2. The van der Waals surface area contributed by atoms with E-state index in [4.69, 9.17) is 33.7 Å². The van der Waals surface area contributed by atoms with E-state index < -0.39 is 37.1 Å². The third-order valence-electron chi connectivity index (χ3n) is 5.94. The summed E-state index contributed by atoms with van der Waals surface area (Å²) in [6, 6.07) is 17.6. The molecule has 0 radical (unpaired) electrons. The second-order valence-electron chi connectivity index (χ2n) is 10.5. The van der Waals surface area contributed by atoms with Gasteiger partial charge in [-0.25, -0.2) is 19.2 Å². The number of carbonyl (C=O) groups is 1. The molecule has 0 aliphatic rings. The molecule has 44 heavy (non-hydrogen) atoms. The summed E-state index contributed by atoms with van der Waals surface area (Å²) in [4.78, 5) is 22.2. The van der Waals surface area contributed by atoms with Crippen LogP contribution in [0.15, 0.2) is 83.5 Å². The van der Waals surface area contributed by atoms with Gasteiger partial charge in [-0.15, -0.1) is 0 Å². The van der Waals surface area contributed by atoms with E-state index in [1.54, 1.807) is 45.0 Å². The van der Waals surface area contributed by atoms with Crippen molar-refractivity contribution in [3.05, 3.63) is 101 Å². The highest BCUT2D eigenvalue weighted by molar-refractivity contribution is 6.32. The summed E-state index contributed by atoms with van der Waals surface area (Å²) in [5, 5.41) is 3.81. The van der Waals surface area contributed by atoms with E-state index in [0.29, 0.717) is 32.9 Å². The van der Waals surface area contributed by atoms with Crippen LogP contribution in [0.5, 0.6) is 5.75 Å². The third-order valence-corrected chi connectivity index (χ3v) is 6.23. The molecule has 5 aromatic rings. The Labute approximate surface area is 269 Å². The average Bonchev–Trinajstić information content (AvgIpc) is 3.53. The van der Waals surface area contributed by atoms with Crippen LogP contribution in [0.25, 0.3) is 22.2 Å². The SMILES string of the molecule is [2H]C([2H])(Oc1ccc(Nc2ncnc3ccc(-c4ccc(C([2H])([2H])N(C(=O)OC(C)(C)C)C([2H])([2H])CC)o4)cc23)cc1Cl)c1cccc(F)c1. The van der Waals surface area contributed by atoms with E-state index in [1.165, 1.54) is 55.7 Å². The summed E-state index contributed by atoms with van der Waals surface area (Å²) in [7, 11) is 0. The number of nitrogens with zero attached hydrogens (tertiary/aromatic N) is 3. The second-order valence-corrected chi connectivity index (χ2v) is 10.9. The van der Waals surface area contributed by atoms with Gasteiger partial charge in [0.15, 0.2) is 0 Å². The molecule has 5 rings (SSSR count). The van der Waals surface area contributed by atoms with Gasteiger partial charge in [-0.1, -0.05) is 30.7 Å². The zero-order valence-corrected chi connectivity index (χ0v) is 25.2. The molecule has 0 atom stereocenters. The Balaban J connectivity index is 1.42. The van der Waals surface area contributed by atoms with Crippen molar-refractivity contribution in [2.24, 2.45) is 0 Å². The zero-order valence-electron chi connectivity index (χ0n) is 30.4. The van der Waals surface area contributed by atoms with Gasteiger partial charge in [-0.05, 0) is 93.4 Å². The third kappa shape index (κ3) is 7.85. The van der Waals surface area contributed by atoms with Gasteiger partial charge in [0, 0.05) is 25.9 Å². The first-order valence-corrected chi connectivity index (χ1v) is 14.1. The first kappa shape index (κ1) is 23.8. The number of rotatable bonds is 10. The molecule has 0 saturated carbocycles. The van der Waals surface area contributed by atoms with Crippen molar-refractivity contribution >= 4 is 40.1 Å². The van der Waals surface area contributed by atoms with Crippen molar-refractivity contribution < 1.29 is 31.3 Å². The van der Waals surface area contributed by atoms with Crippen LogP contribution in [0.4, 0.5) is 20.7 Å². The van der Waals surface area contributed by atoms with Crippen molar-refractivity contribution in [2.45, 2.75) is 52.8 Å². The minimum atomic E-state index is -2.72. The average molecular weight is 623 g/mol. The first-order valence-electron chi connectivity index (χ1n) is 16.7. The molecular weight excluding hydrogens is 583 g/mol. The molecule has 0 spiro atoms. The predicted molar refractivity (Wildman–Crippen MR) is 170 cm³/mol. The highest BCUT2D eigenvalue weighted by Crippen LogP contribution is 2.33. The fourth-order valence-electron chi connectivity index (χ4n) is 4.05. The van der Waals surface area contributed by atoms with E-state index in [1.807, 2.05) is 0 Å². The van der Waals surface area contributed by atoms with Crippen molar-refractivity contribution in [3.8, 4) is 17.1 Å². The molecule has 1 amide bonds. The Kier molecular flexibility index (Phi) is 7.21. The van der Waals surface area contributed by atoms with Crippen LogP contribution in [0.2, 0.25) is 5.02 Å². The van der Waals surface area contributed by atoms with Crippen LogP contribution < -0.4 is 10.1 Å². The molecule has 2 heterocycles. The number of carbonyl (C=O) groups excluding carboxylic acids is 1. The number of hydrogen-bond donors (Lipinski definition) is 1. The molecule has 3 aromatic carbocycles. The van der Waals surface area contributed by atoms with Gasteiger partial charge in [-0.2, -0.15) is 0 Å². The Morgan fingerprint density at radius 1 is 1.09 bits per heavy atom. The van der Waals surface area contributed by atoms with Crippen LogP contribution in [0.3, 0.4) is 0 Å². The number of furan rings is 1. The lowest BCUT2D eigenvalue weighted by Crippen LogP contribution is -2.36. The van der Waals surface area contributed by atoms with E-state index in [0.717, 1.165) is 6.07 Å². The number of hydrogen-bond acceptors (Lipinski definition) is 7. The van der Waals surface area contributed by atoms with E-state index in [9.17, 15) is 9.18 Å². The second kappa shape index (κ2) is 13.3. The van der Waals surface area contributed by atoms with Gasteiger partial charge in [0.25, 0.3) is 0 Å². The molecule has 2 aromatic heterocycles. The maximum absolute atomic E-state index is 13.7. The minimum Gasteiger partial charge on any atom is -0.487 e. The molecule has 0 unspecified atom stereocenters. The van der Waals surface area contributed by atoms with Crippen molar-refractivity contribution in [3.63, 3.8) is 0 Å². The fourth-order valence-corrected chi connectivity index (χ4v) is 4.27. The summed E-state index contributed by atoms with van der Waals surface area (Å²) in [6.07, 6.45) is -0.00947. The van der Waals surface area contributed by atoms with Crippen LogP contribution in [0.1, 0.15) is 53.7 Å². The molecule has 0 fully saturated rings. The summed E-state index contributed by atoms with van der Waals surface area (Å²) in [6.45, 7) is -1.18. The maximum Gasteiger partial charge on any atom is 0.410 e. The highest BCUT2D eigenvalue weighted by Gasteiger charge is 2.23. The molecule has 0 aliphatic heterocycles. The lowest BCUT2D eigenvalue weighted by molar-refractivity contribution is 0.0221. The Morgan fingerprint density at radius 3 is 2.68 bits per heavy atom. The smallest absolute Gasteiger partial charge is 0.410 e. The largest absolute Gasteiger partial charge is 0.487 e.